The van der Waals surface area contributed by atoms with E-state index in [0.29, 0.717) is 24.9 Å². The Hall–Kier alpha value is -0.690. The van der Waals surface area contributed by atoms with Crippen molar-refractivity contribution < 1.29 is 12.8 Å². The topological polar surface area (TPSA) is 49.4 Å². The van der Waals surface area contributed by atoms with E-state index in [1.165, 1.54) is 16.4 Å². The summed E-state index contributed by atoms with van der Waals surface area (Å²) < 4.78 is 40.2. The van der Waals surface area contributed by atoms with Crippen molar-refractivity contribution in [1.82, 2.24) is 9.62 Å². The number of hydrogen-bond acceptors (Lipinski definition) is 3. The first-order valence-corrected chi connectivity index (χ1v) is 7.89. The lowest BCUT2D eigenvalue weighted by Crippen LogP contribution is -2.32. The number of halogens is 2. The molecule has 112 valence electrons. The van der Waals surface area contributed by atoms with Crippen LogP contribution in [0.15, 0.2) is 23.1 Å². The molecule has 0 saturated carbocycles. The van der Waals surface area contributed by atoms with Crippen molar-refractivity contribution in [2.45, 2.75) is 11.8 Å². The zero-order valence-corrected chi connectivity index (χ0v) is 12.8. The van der Waals surface area contributed by atoms with Crippen LogP contribution in [0.1, 0.15) is 5.56 Å². The zero-order chi connectivity index (χ0) is 13.6. The van der Waals surface area contributed by atoms with Gasteiger partial charge in [0, 0.05) is 13.1 Å². The van der Waals surface area contributed by atoms with Crippen LogP contribution in [-0.4, -0.2) is 38.9 Å². The van der Waals surface area contributed by atoms with Crippen LogP contribution >= 0.6 is 12.4 Å². The summed E-state index contributed by atoms with van der Waals surface area (Å²) >= 11 is 0. The highest BCUT2D eigenvalue weighted by atomic mass is 35.5. The van der Waals surface area contributed by atoms with Crippen LogP contribution in [0.25, 0.3) is 0 Å². The van der Waals surface area contributed by atoms with Crippen LogP contribution in [0.2, 0.25) is 0 Å². The predicted octanol–water partition coefficient (Wildman–Crippen LogP) is 1.40. The lowest BCUT2D eigenvalue weighted by molar-refractivity contribution is 0.442. The third kappa shape index (κ3) is 2.57. The molecule has 4 nitrogen and oxygen atoms in total. The van der Waals surface area contributed by atoms with Crippen molar-refractivity contribution in [2.24, 2.45) is 11.8 Å². The summed E-state index contributed by atoms with van der Waals surface area (Å²) in [5.41, 5.74) is 0.751. The Bertz CT molecular complexity index is 596. The van der Waals surface area contributed by atoms with Crippen LogP contribution in [-0.2, 0) is 10.0 Å². The highest BCUT2D eigenvalue weighted by molar-refractivity contribution is 7.89. The van der Waals surface area contributed by atoms with Crippen LogP contribution in [0.3, 0.4) is 0 Å². The largest absolute Gasteiger partial charge is 0.316 e. The van der Waals surface area contributed by atoms with E-state index in [1.54, 1.807) is 13.0 Å². The summed E-state index contributed by atoms with van der Waals surface area (Å²) in [6.45, 7) is 4.46. The second-order valence-electron chi connectivity index (χ2n) is 5.43. The lowest BCUT2D eigenvalue weighted by Gasteiger charge is -2.18. The first kappa shape index (κ1) is 15.7. The Morgan fingerprint density at radius 1 is 1.25 bits per heavy atom. The molecule has 2 saturated heterocycles. The van der Waals surface area contributed by atoms with Crippen molar-refractivity contribution in [3.05, 3.63) is 29.6 Å². The first-order chi connectivity index (χ1) is 8.98. The maximum Gasteiger partial charge on any atom is 0.246 e. The Morgan fingerprint density at radius 2 is 1.85 bits per heavy atom. The summed E-state index contributed by atoms with van der Waals surface area (Å²) in [6, 6.07) is 4.22. The molecule has 2 atom stereocenters. The summed E-state index contributed by atoms with van der Waals surface area (Å²) in [4.78, 5) is -0.194. The number of fused-ring (bicyclic) bond motifs is 1. The van der Waals surface area contributed by atoms with E-state index in [4.69, 9.17) is 0 Å². The minimum atomic E-state index is -3.70. The molecule has 2 fully saturated rings. The number of nitrogens with one attached hydrogen (secondary N) is 1. The molecular formula is C13H18ClFN2O2S. The van der Waals surface area contributed by atoms with Crippen LogP contribution < -0.4 is 5.32 Å². The third-order valence-electron chi connectivity index (χ3n) is 4.06. The van der Waals surface area contributed by atoms with Gasteiger partial charge in [-0.25, -0.2) is 12.8 Å². The molecule has 0 aromatic heterocycles. The summed E-state index contributed by atoms with van der Waals surface area (Å²) in [7, 11) is -3.70. The van der Waals surface area contributed by atoms with Gasteiger partial charge in [-0.2, -0.15) is 4.31 Å². The molecule has 0 spiro atoms. The molecule has 7 heteroatoms. The van der Waals surface area contributed by atoms with Crippen molar-refractivity contribution in [1.29, 1.82) is 0 Å². The molecule has 1 aromatic rings. The number of benzene rings is 1. The van der Waals surface area contributed by atoms with E-state index in [1.807, 2.05) is 0 Å². The number of nitrogens with zero attached hydrogens (tertiary/aromatic N) is 1. The van der Waals surface area contributed by atoms with Crippen molar-refractivity contribution in [2.75, 3.05) is 26.2 Å². The molecule has 2 heterocycles. The molecule has 2 aliphatic rings. The fourth-order valence-corrected chi connectivity index (χ4v) is 4.66. The monoisotopic (exact) mass is 320 g/mol. The highest BCUT2D eigenvalue weighted by Crippen LogP contribution is 2.31. The maximum absolute atomic E-state index is 13.8. The van der Waals surface area contributed by atoms with Gasteiger partial charge in [-0.1, -0.05) is 6.07 Å². The number of rotatable bonds is 2. The third-order valence-corrected chi connectivity index (χ3v) is 5.91. The van der Waals surface area contributed by atoms with E-state index in [2.05, 4.69) is 5.32 Å². The van der Waals surface area contributed by atoms with E-state index in [9.17, 15) is 12.8 Å². The molecule has 0 radical (unpaired) electrons. The maximum atomic E-state index is 13.8. The standard InChI is InChI=1S/C13H17FN2O2S.ClH/c1-9-2-3-12(14)13(4-9)19(17,18)16-7-10-5-15-6-11(10)8-16;/h2-4,10-11,15H,5-8H2,1H3;1H/t10-,11+;. The van der Waals surface area contributed by atoms with Gasteiger partial charge in [0.25, 0.3) is 0 Å². The van der Waals surface area contributed by atoms with Crippen molar-refractivity contribution >= 4 is 22.4 Å². The number of hydrogen-bond donors (Lipinski definition) is 1. The van der Waals surface area contributed by atoms with Crippen molar-refractivity contribution in [3.63, 3.8) is 0 Å². The van der Waals surface area contributed by atoms with Crippen LogP contribution in [0.5, 0.6) is 0 Å². The second kappa shape index (κ2) is 5.60. The lowest BCUT2D eigenvalue weighted by atomic mass is 10.0. The summed E-state index contributed by atoms with van der Waals surface area (Å²) in [5, 5.41) is 3.26. The molecule has 3 rings (SSSR count). The van der Waals surface area contributed by atoms with Gasteiger partial charge in [0.15, 0.2) is 0 Å². The smallest absolute Gasteiger partial charge is 0.246 e. The summed E-state index contributed by atoms with van der Waals surface area (Å²) in [6.07, 6.45) is 0. The van der Waals surface area contributed by atoms with E-state index < -0.39 is 15.8 Å². The van der Waals surface area contributed by atoms with Gasteiger partial charge in [-0.3, -0.25) is 0 Å². The fourth-order valence-electron chi connectivity index (χ4n) is 2.96. The minimum Gasteiger partial charge on any atom is -0.316 e. The number of sulfonamides is 1. The second-order valence-corrected chi connectivity index (χ2v) is 7.34. The Labute approximate surface area is 124 Å². The van der Waals surface area contributed by atoms with E-state index in [0.717, 1.165) is 18.7 Å². The van der Waals surface area contributed by atoms with Gasteiger partial charge in [0.05, 0.1) is 0 Å². The average molecular weight is 321 g/mol. The molecule has 0 amide bonds. The van der Waals surface area contributed by atoms with Gasteiger partial charge in [-0.15, -0.1) is 12.4 Å². The van der Waals surface area contributed by atoms with Crippen molar-refractivity contribution in [3.8, 4) is 0 Å². The fraction of sp³-hybridized carbons (Fsp3) is 0.538. The molecule has 1 N–H and O–H groups in total. The van der Waals surface area contributed by atoms with Gasteiger partial charge >= 0.3 is 0 Å². The van der Waals surface area contributed by atoms with Crippen LogP contribution in [0.4, 0.5) is 4.39 Å². The molecule has 2 aliphatic heterocycles. The molecule has 0 aliphatic carbocycles. The Morgan fingerprint density at radius 3 is 2.45 bits per heavy atom. The molecule has 20 heavy (non-hydrogen) atoms. The van der Waals surface area contributed by atoms with Gasteiger partial charge < -0.3 is 5.32 Å². The summed E-state index contributed by atoms with van der Waals surface area (Å²) in [5.74, 6) is 0.0612. The van der Waals surface area contributed by atoms with Crippen LogP contribution in [0, 0.1) is 24.6 Å². The average Bonchev–Trinajstić information content (AvgIpc) is 2.92. The quantitative estimate of drug-likeness (QED) is 0.896. The normalized spacial score (nSPS) is 26.3. The predicted molar refractivity (Wildman–Crippen MR) is 77.0 cm³/mol. The first-order valence-electron chi connectivity index (χ1n) is 6.45. The van der Waals surface area contributed by atoms with Gasteiger partial charge in [-0.05, 0) is 49.5 Å². The molecular weight excluding hydrogens is 303 g/mol. The van der Waals surface area contributed by atoms with E-state index in [-0.39, 0.29) is 17.3 Å². The minimum absolute atomic E-state index is 0. The number of aryl methyl sites for hydroxylation is 1. The molecule has 0 bridgehead atoms. The van der Waals surface area contributed by atoms with E-state index >= 15 is 0 Å². The molecule has 0 unspecified atom stereocenters. The zero-order valence-electron chi connectivity index (χ0n) is 11.2. The highest BCUT2D eigenvalue weighted by Gasteiger charge is 2.42. The SMILES string of the molecule is Cc1ccc(F)c(S(=O)(=O)N2C[C@H]3CNC[C@H]3C2)c1.Cl. The Balaban J connectivity index is 0.00000147. The Kier molecular flexibility index (Phi) is 4.39. The molecule has 1 aromatic carbocycles. The van der Waals surface area contributed by atoms with Gasteiger partial charge in [0.1, 0.15) is 10.7 Å². The van der Waals surface area contributed by atoms with Gasteiger partial charge in [0.2, 0.25) is 10.0 Å².